The number of aromatic nitrogens is 1. The SMILES string of the molecule is CC1(CNc2ncc(Cl)cc2Cl)CCOCC1. The first-order chi connectivity index (χ1) is 8.09. The van der Waals surface area contributed by atoms with E-state index in [1.807, 2.05) is 0 Å². The van der Waals surface area contributed by atoms with E-state index in [4.69, 9.17) is 27.9 Å². The Labute approximate surface area is 111 Å². The highest BCUT2D eigenvalue weighted by Crippen LogP contribution is 2.31. The van der Waals surface area contributed by atoms with Gasteiger partial charge < -0.3 is 10.1 Å². The van der Waals surface area contributed by atoms with Crippen molar-refractivity contribution < 1.29 is 4.74 Å². The number of anilines is 1. The Bertz CT molecular complexity index is 392. The second-order valence-corrected chi connectivity index (χ2v) is 5.60. The Hall–Kier alpha value is -0.510. The number of halogens is 2. The predicted molar refractivity (Wildman–Crippen MR) is 70.9 cm³/mol. The Morgan fingerprint density at radius 3 is 2.76 bits per heavy atom. The molecule has 1 aliphatic rings. The first-order valence-electron chi connectivity index (χ1n) is 5.72. The molecule has 0 saturated carbocycles. The van der Waals surface area contributed by atoms with Gasteiger partial charge in [0.25, 0.3) is 0 Å². The molecule has 2 rings (SSSR count). The van der Waals surface area contributed by atoms with Crippen LogP contribution in [0, 0.1) is 5.41 Å². The first-order valence-corrected chi connectivity index (χ1v) is 6.47. The number of hydrogen-bond acceptors (Lipinski definition) is 3. The largest absolute Gasteiger partial charge is 0.381 e. The Morgan fingerprint density at radius 2 is 2.12 bits per heavy atom. The summed E-state index contributed by atoms with van der Waals surface area (Å²) in [5, 5.41) is 4.41. The van der Waals surface area contributed by atoms with Crippen LogP contribution >= 0.6 is 23.2 Å². The summed E-state index contributed by atoms with van der Waals surface area (Å²) in [5.41, 5.74) is 0.253. The van der Waals surface area contributed by atoms with Gasteiger partial charge in [0, 0.05) is 26.0 Å². The zero-order valence-corrected chi connectivity index (χ0v) is 11.3. The van der Waals surface area contributed by atoms with Crippen LogP contribution in [0.5, 0.6) is 0 Å². The lowest BCUT2D eigenvalue weighted by atomic mass is 9.82. The molecular formula is C12H16Cl2N2O. The first kappa shape index (κ1) is 12.9. The molecule has 1 aliphatic heterocycles. The molecule has 0 aliphatic carbocycles. The summed E-state index contributed by atoms with van der Waals surface area (Å²) in [6.07, 6.45) is 3.72. The number of nitrogens with zero attached hydrogens (tertiary/aromatic N) is 1. The van der Waals surface area contributed by atoms with Crippen LogP contribution < -0.4 is 5.32 Å². The Balaban J connectivity index is 1.97. The molecule has 0 radical (unpaired) electrons. The number of ether oxygens (including phenoxy) is 1. The van der Waals surface area contributed by atoms with Gasteiger partial charge in [0.15, 0.2) is 0 Å². The fraction of sp³-hybridized carbons (Fsp3) is 0.583. The van der Waals surface area contributed by atoms with Crippen molar-refractivity contribution in [2.45, 2.75) is 19.8 Å². The van der Waals surface area contributed by atoms with Crippen LogP contribution in [0.25, 0.3) is 0 Å². The van der Waals surface area contributed by atoms with Gasteiger partial charge in [0.1, 0.15) is 5.82 Å². The van der Waals surface area contributed by atoms with Gasteiger partial charge in [0.05, 0.1) is 10.0 Å². The summed E-state index contributed by atoms with van der Waals surface area (Å²) in [4.78, 5) is 4.19. The fourth-order valence-corrected chi connectivity index (χ4v) is 2.33. The second-order valence-electron chi connectivity index (χ2n) is 4.76. The summed E-state index contributed by atoms with van der Waals surface area (Å²) >= 11 is 11.9. The predicted octanol–water partition coefficient (Wildman–Crippen LogP) is 3.62. The van der Waals surface area contributed by atoms with E-state index >= 15 is 0 Å². The average Bonchev–Trinajstić information content (AvgIpc) is 2.29. The molecule has 2 heterocycles. The van der Waals surface area contributed by atoms with Crippen molar-refractivity contribution in [1.82, 2.24) is 4.98 Å². The van der Waals surface area contributed by atoms with Crippen LogP contribution in [0.2, 0.25) is 10.0 Å². The molecule has 94 valence electrons. The molecule has 17 heavy (non-hydrogen) atoms. The third kappa shape index (κ3) is 3.47. The van der Waals surface area contributed by atoms with E-state index in [-0.39, 0.29) is 5.41 Å². The molecule has 0 aromatic carbocycles. The van der Waals surface area contributed by atoms with E-state index in [1.54, 1.807) is 12.3 Å². The summed E-state index contributed by atoms with van der Waals surface area (Å²) in [7, 11) is 0. The zero-order chi connectivity index (χ0) is 12.3. The third-order valence-corrected chi connectivity index (χ3v) is 3.69. The molecule has 0 bridgehead atoms. The van der Waals surface area contributed by atoms with Crippen LogP contribution in [0.4, 0.5) is 5.82 Å². The van der Waals surface area contributed by atoms with Crippen LogP contribution in [0.15, 0.2) is 12.3 Å². The molecule has 1 aromatic heterocycles. The van der Waals surface area contributed by atoms with Gasteiger partial charge in [-0.3, -0.25) is 0 Å². The van der Waals surface area contributed by atoms with Crippen molar-refractivity contribution in [1.29, 1.82) is 0 Å². The maximum Gasteiger partial charge on any atom is 0.144 e. The zero-order valence-electron chi connectivity index (χ0n) is 9.80. The van der Waals surface area contributed by atoms with Gasteiger partial charge in [-0.25, -0.2) is 4.98 Å². The minimum atomic E-state index is 0.253. The van der Waals surface area contributed by atoms with Crippen molar-refractivity contribution in [2.24, 2.45) is 5.41 Å². The maximum atomic E-state index is 6.06. The highest BCUT2D eigenvalue weighted by Gasteiger charge is 2.27. The lowest BCUT2D eigenvalue weighted by Crippen LogP contribution is -2.33. The van der Waals surface area contributed by atoms with Crippen LogP contribution in [-0.4, -0.2) is 24.7 Å². The summed E-state index contributed by atoms with van der Waals surface area (Å²) < 4.78 is 5.37. The van der Waals surface area contributed by atoms with Crippen molar-refractivity contribution in [2.75, 3.05) is 25.1 Å². The summed E-state index contributed by atoms with van der Waals surface area (Å²) in [6.45, 7) is 4.77. The summed E-state index contributed by atoms with van der Waals surface area (Å²) in [6, 6.07) is 1.70. The van der Waals surface area contributed by atoms with Crippen molar-refractivity contribution in [3.8, 4) is 0 Å². The fourth-order valence-electron chi connectivity index (χ4n) is 1.88. The lowest BCUT2D eigenvalue weighted by molar-refractivity contribution is 0.0300. The number of rotatable bonds is 3. The molecule has 1 aromatic rings. The van der Waals surface area contributed by atoms with E-state index < -0.39 is 0 Å². The van der Waals surface area contributed by atoms with E-state index in [2.05, 4.69) is 17.2 Å². The average molecular weight is 275 g/mol. The molecule has 0 atom stereocenters. The minimum Gasteiger partial charge on any atom is -0.381 e. The van der Waals surface area contributed by atoms with Gasteiger partial charge in [-0.15, -0.1) is 0 Å². The maximum absolute atomic E-state index is 6.06. The quantitative estimate of drug-likeness (QED) is 0.914. The molecule has 1 saturated heterocycles. The molecule has 1 fully saturated rings. The standard InChI is InChI=1S/C12H16Cl2N2O/c1-12(2-4-17-5-3-12)8-16-11-10(14)6-9(13)7-15-11/h6-7H,2-5,8H2,1H3,(H,15,16). The second kappa shape index (κ2) is 5.42. The van der Waals surface area contributed by atoms with Crippen molar-refractivity contribution in [3.63, 3.8) is 0 Å². The van der Waals surface area contributed by atoms with Crippen LogP contribution in [0.3, 0.4) is 0 Å². The Morgan fingerprint density at radius 1 is 1.41 bits per heavy atom. The highest BCUT2D eigenvalue weighted by atomic mass is 35.5. The van der Waals surface area contributed by atoms with E-state index in [1.165, 1.54) is 0 Å². The van der Waals surface area contributed by atoms with Crippen molar-refractivity contribution >= 4 is 29.0 Å². The van der Waals surface area contributed by atoms with Gasteiger partial charge in [-0.1, -0.05) is 30.1 Å². The van der Waals surface area contributed by atoms with Crippen molar-refractivity contribution in [3.05, 3.63) is 22.3 Å². The minimum absolute atomic E-state index is 0.253. The smallest absolute Gasteiger partial charge is 0.144 e. The normalized spacial score (nSPS) is 19.0. The molecule has 0 spiro atoms. The Kier molecular flexibility index (Phi) is 4.13. The lowest BCUT2D eigenvalue weighted by Gasteiger charge is -2.33. The molecule has 5 heteroatoms. The molecular weight excluding hydrogens is 259 g/mol. The molecule has 0 amide bonds. The number of nitrogens with one attached hydrogen (secondary N) is 1. The summed E-state index contributed by atoms with van der Waals surface area (Å²) in [5.74, 6) is 0.698. The van der Waals surface area contributed by atoms with E-state index in [0.717, 1.165) is 32.6 Å². The van der Waals surface area contributed by atoms with Gasteiger partial charge in [0.2, 0.25) is 0 Å². The molecule has 0 unspecified atom stereocenters. The van der Waals surface area contributed by atoms with Gasteiger partial charge >= 0.3 is 0 Å². The van der Waals surface area contributed by atoms with E-state index in [9.17, 15) is 0 Å². The van der Waals surface area contributed by atoms with Gasteiger partial charge in [-0.2, -0.15) is 0 Å². The monoisotopic (exact) mass is 274 g/mol. The van der Waals surface area contributed by atoms with E-state index in [0.29, 0.717) is 15.9 Å². The third-order valence-electron chi connectivity index (χ3n) is 3.19. The van der Waals surface area contributed by atoms with Gasteiger partial charge in [-0.05, 0) is 24.3 Å². The number of pyridine rings is 1. The van der Waals surface area contributed by atoms with Crippen LogP contribution in [0.1, 0.15) is 19.8 Å². The number of hydrogen-bond donors (Lipinski definition) is 1. The molecule has 1 N–H and O–H groups in total. The highest BCUT2D eigenvalue weighted by molar-refractivity contribution is 6.35. The topological polar surface area (TPSA) is 34.2 Å². The molecule has 3 nitrogen and oxygen atoms in total. The van der Waals surface area contributed by atoms with Crippen LogP contribution in [-0.2, 0) is 4.74 Å².